The average Bonchev–Trinajstić information content (AvgIpc) is 4.01. The number of imide groups is 1. The monoisotopic (exact) mass is 923 g/mol. The number of anilines is 2. The van der Waals surface area contributed by atoms with E-state index in [1.54, 1.807) is 11.7 Å². The minimum atomic E-state index is -4.59. The molecule has 0 spiro atoms. The SMILES string of the molecule is Cn1nc(C2CCC(=O)NC2=O)c2cccc(C#CCO[C@H]3CCN(CC4CCC(n5cc(NC(=O)c6cnn7ccc(N8CCOCC8C(F)(F)F)nc67)c(C(F)F)n5)CC4)C[C@H]3F)c21. The lowest BCUT2D eigenvalue weighted by Gasteiger charge is -2.38. The van der Waals surface area contributed by atoms with E-state index in [1.807, 2.05) is 18.2 Å². The lowest BCUT2D eigenvalue weighted by molar-refractivity contribution is -0.167. The summed E-state index contributed by atoms with van der Waals surface area (Å²) in [4.78, 5) is 45.2. The minimum Gasteiger partial charge on any atom is -0.377 e. The van der Waals surface area contributed by atoms with Gasteiger partial charge in [0.25, 0.3) is 12.3 Å². The van der Waals surface area contributed by atoms with E-state index in [1.165, 1.54) is 33.9 Å². The Morgan fingerprint density at radius 3 is 2.65 bits per heavy atom. The molecule has 4 fully saturated rings. The first-order valence-corrected chi connectivity index (χ1v) is 21.9. The van der Waals surface area contributed by atoms with Crippen LogP contribution in [0.1, 0.15) is 90.6 Å². The molecular weight excluding hydrogens is 877 g/mol. The number of alkyl halides is 6. The van der Waals surface area contributed by atoms with Crippen LogP contribution in [0.2, 0.25) is 0 Å². The van der Waals surface area contributed by atoms with Crippen LogP contribution in [0.4, 0.5) is 37.8 Å². The largest absolute Gasteiger partial charge is 0.411 e. The van der Waals surface area contributed by atoms with Crippen LogP contribution in [-0.4, -0.2) is 127 Å². The van der Waals surface area contributed by atoms with Crippen molar-refractivity contribution in [2.24, 2.45) is 13.0 Å². The quantitative estimate of drug-likeness (QED) is 0.103. The van der Waals surface area contributed by atoms with Crippen molar-refractivity contribution in [2.75, 3.05) is 56.2 Å². The Labute approximate surface area is 373 Å². The van der Waals surface area contributed by atoms with Gasteiger partial charge in [0.2, 0.25) is 11.8 Å². The zero-order chi connectivity index (χ0) is 46.3. The predicted octanol–water partition coefficient (Wildman–Crippen LogP) is 5.50. The fourth-order valence-electron chi connectivity index (χ4n) is 9.58. The molecule has 350 valence electrons. The summed E-state index contributed by atoms with van der Waals surface area (Å²) in [5, 5.41) is 18.5. The van der Waals surface area contributed by atoms with E-state index in [0.29, 0.717) is 50.0 Å². The maximum absolute atomic E-state index is 15.5. The molecule has 0 bridgehead atoms. The number of hydrogen-bond donors (Lipinski definition) is 2. The molecule has 4 atom stereocenters. The Bertz CT molecular complexity index is 2680. The van der Waals surface area contributed by atoms with E-state index in [2.05, 4.69) is 47.7 Å². The number of para-hydroxylation sites is 1. The van der Waals surface area contributed by atoms with Gasteiger partial charge in [-0.05, 0) is 56.6 Å². The van der Waals surface area contributed by atoms with Gasteiger partial charge in [-0.3, -0.25) is 34.0 Å². The molecule has 2 unspecified atom stereocenters. The maximum atomic E-state index is 15.5. The highest BCUT2D eigenvalue weighted by atomic mass is 19.4. The lowest BCUT2D eigenvalue weighted by Crippen LogP contribution is -2.54. The zero-order valence-electron chi connectivity index (χ0n) is 35.8. The number of aromatic nitrogens is 7. The number of nitrogens with one attached hydrogen (secondary N) is 2. The van der Waals surface area contributed by atoms with Crippen molar-refractivity contribution >= 4 is 45.8 Å². The zero-order valence-corrected chi connectivity index (χ0v) is 35.8. The van der Waals surface area contributed by atoms with E-state index in [9.17, 15) is 36.3 Å². The Morgan fingerprint density at radius 2 is 1.89 bits per heavy atom. The van der Waals surface area contributed by atoms with Crippen molar-refractivity contribution in [3.05, 3.63) is 65.4 Å². The van der Waals surface area contributed by atoms with Gasteiger partial charge in [-0.25, -0.2) is 22.7 Å². The van der Waals surface area contributed by atoms with E-state index in [-0.39, 0.29) is 79.2 Å². The number of nitrogens with zero attached hydrogens (tertiary/aromatic N) is 9. The fourth-order valence-corrected chi connectivity index (χ4v) is 9.58. The molecule has 3 aliphatic heterocycles. The number of morpholine rings is 1. The standard InChI is InChI=1S/C44H47F6N11O5/c1-57-39-26(4-2-6-28(39)37(55-57)29-11-12-36(62)54-42(29)63)5-3-18-66-33-13-15-58(22-31(33)45)21-25-7-9-27(10-8-25)61-23-32(38(56-61)40(46)47)52-43(64)30-20-51-60-16-14-35(53-41(30)60)59-17-19-65-24-34(59)44(48,49)50/h2,4,6,14,16,20,23,25,27,29,31,33-34,40H,7-13,15,17-19,21-22,24H2,1H3,(H,52,64)(H,54,62,63)/t25?,27?,29?,31-,33+,34?/m1/s1. The van der Waals surface area contributed by atoms with Crippen molar-refractivity contribution in [3.8, 4) is 11.8 Å². The number of rotatable bonds is 10. The number of fused-ring (bicyclic) bond motifs is 2. The highest BCUT2D eigenvalue weighted by molar-refractivity contribution is 6.08. The third-order valence-electron chi connectivity index (χ3n) is 12.9. The van der Waals surface area contributed by atoms with Crippen LogP contribution >= 0.6 is 0 Å². The van der Waals surface area contributed by atoms with Crippen molar-refractivity contribution in [2.45, 2.75) is 87.8 Å². The summed E-state index contributed by atoms with van der Waals surface area (Å²) in [6.07, 6.45) is -1.63. The topological polar surface area (TPSA) is 166 Å². The summed E-state index contributed by atoms with van der Waals surface area (Å²) >= 11 is 0. The number of carbonyl (C=O) groups excluding carboxylic acids is 3. The number of aryl methyl sites for hydroxylation is 1. The van der Waals surface area contributed by atoms with Crippen LogP contribution in [0, 0.1) is 17.8 Å². The van der Waals surface area contributed by atoms with E-state index >= 15 is 4.39 Å². The molecule has 2 N–H and O–H groups in total. The van der Waals surface area contributed by atoms with E-state index < -0.39 is 55.0 Å². The number of halogens is 6. The summed E-state index contributed by atoms with van der Waals surface area (Å²) in [6.45, 7) is 0.942. The molecule has 1 aromatic carbocycles. The molecule has 66 heavy (non-hydrogen) atoms. The minimum absolute atomic E-state index is 0.0260. The number of amides is 3. The molecule has 5 aromatic rings. The van der Waals surface area contributed by atoms with Crippen LogP contribution in [0.3, 0.4) is 0 Å². The number of benzene rings is 1. The molecule has 22 heteroatoms. The maximum Gasteiger partial charge on any atom is 0.411 e. The number of carbonyl (C=O) groups is 3. The summed E-state index contributed by atoms with van der Waals surface area (Å²) < 4.78 is 101. The Morgan fingerprint density at radius 1 is 1.08 bits per heavy atom. The third kappa shape index (κ3) is 9.33. The van der Waals surface area contributed by atoms with Crippen LogP contribution < -0.4 is 15.5 Å². The summed E-state index contributed by atoms with van der Waals surface area (Å²) in [6, 6.07) is 4.75. The first-order chi connectivity index (χ1) is 31.7. The number of ether oxygens (including phenoxy) is 2. The van der Waals surface area contributed by atoms with Gasteiger partial charge >= 0.3 is 6.18 Å². The van der Waals surface area contributed by atoms with Gasteiger partial charge in [-0.15, -0.1) is 0 Å². The number of hydrogen-bond acceptors (Lipinski definition) is 11. The first-order valence-electron chi connectivity index (χ1n) is 21.9. The summed E-state index contributed by atoms with van der Waals surface area (Å²) in [5.74, 6) is 4.32. The Balaban J connectivity index is 0.764. The molecule has 1 aliphatic carbocycles. The van der Waals surface area contributed by atoms with Crippen molar-refractivity contribution < 1.29 is 50.2 Å². The molecule has 4 aliphatic rings. The van der Waals surface area contributed by atoms with Crippen LogP contribution in [0.15, 0.2) is 42.9 Å². The highest BCUT2D eigenvalue weighted by Gasteiger charge is 2.46. The number of piperidine rings is 2. The molecule has 1 saturated carbocycles. The second-order valence-corrected chi connectivity index (χ2v) is 17.2. The van der Waals surface area contributed by atoms with E-state index in [4.69, 9.17) is 9.47 Å². The van der Waals surface area contributed by atoms with Gasteiger partial charge in [0.1, 0.15) is 30.2 Å². The normalized spacial score (nSPS) is 24.5. The lowest BCUT2D eigenvalue weighted by atomic mass is 9.85. The molecule has 4 aromatic heterocycles. The average molecular weight is 924 g/mol. The Hall–Kier alpha value is -6.05. The second kappa shape index (κ2) is 18.7. The predicted molar refractivity (Wildman–Crippen MR) is 226 cm³/mol. The number of likely N-dealkylation sites (tertiary alicyclic amines) is 1. The molecule has 16 nitrogen and oxygen atoms in total. The van der Waals surface area contributed by atoms with Crippen molar-refractivity contribution in [3.63, 3.8) is 0 Å². The van der Waals surface area contributed by atoms with E-state index in [0.717, 1.165) is 28.6 Å². The second-order valence-electron chi connectivity index (χ2n) is 17.2. The van der Waals surface area contributed by atoms with Crippen LogP contribution in [0.25, 0.3) is 16.6 Å². The molecule has 0 radical (unpaired) electrons. The van der Waals surface area contributed by atoms with Gasteiger partial charge in [-0.1, -0.05) is 24.0 Å². The molecule has 3 amide bonds. The fraction of sp³-hybridized carbons (Fsp3) is 0.523. The van der Waals surface area contributed by atoms with Crippen LogP contribution in [-0.2, 0) is 26.1 Å². The third-order valence-corrected chi connectivity index (χ3v) is 12.9. The smallest absolute Gasteiger partial charge is 0.377 e. The summed E-state index contributed by atoms with van der Waals surface area (Å²) in [7, 11) is 1.77. The Kier molecular flexibility index (Phi) is 12.8. The van der Waals surface area contributed by atoms with Gasteiger partial charge in [0, 0.05) is 57.4 Å². The van der Waals surface area contributed by atoms with Crippen molar-refractivity contribution in [1.82, 2.24) is 44.4 Å². The van der Waals surface area contributed by atoms with Gasteiger partial charge in [-0.2, -0.15) is 28.5 Å². The van der Waals surface area contributed by atoms with Crippen molar-refractivity contribution in [1.29, 1.82) is 0 Å². The van der Waals surface area contributed by atoms with Gasteiger partial charge < -0.3 is 19.7 Å². The highest BCUT2D eigenvalue weighted by Crippen LogP contribution is 2.37. The molecular formula is C44H47F6N11O5. The molecule has 9 rings (SSSR count). The van der Waals surface area contributed by atoms with Gasteiger partial charge in [0.05, 0.1) is 59.9 Å². The summed E-state index contributed by atoms with van der Waals surface area (Å²) in [5.41, 5.74) is 1.04. The molecule has 7 heterocycles. The van der Waals surface area contributed by atoms with Crippen LogP contribution in [0.5, 0.6) is 0 Å². The molecule has 3 saturated heterocycles. The van der Waals surface area contributed by atoms with Gasteiger partial charge in [0.15, 0.2) is 11.3 Å². The first kappa shape index (κ1) is 45.1.